The first-order valence-corrected chi connectivity index (χ1v) is 11.4. The van der Waals surface area contributed by atoms with Gasteiger partial charge < -0.3 is 4.74 Å². The molecule has 1 atom stereocenters. The van der Waals surface area contributed by atoms with Crippen LogP contribution in [0, 0.1) is 56.0 Å². The third-order valence-electron chi connectivity index (χ3n) is 5.69. The Morgan fingerprint density at radius 2 is 1.14 bits per heavy atom. The molecule has 0 bridgehead atoms. The van der Waals surface area contributed by atoms with E-state index < -0.39 is 65.1 Å². The van der Waals surface area contributed by atoms with Crippen molar-refractivity contribution in [3.8, 4) is 0 Å². The number of nitrogens with zero attached hydrogens (tertiary/aromatic N) is 7. The summed E-state index contributed by atoms with van der Waals surface area (Å²) < 4.78 is 5.51. The van der Waals surface area contributed by atoms with Crippen LogP contribution in [0.15, 0.2) is 70.9 Å². The van der Waals surface area contributed by atoms with Crippen LogP contribution < -0.4 is 10.9 Å². The third kappa shape index (κ3) is 6.13. The van der Waals surface area contributed by atoms with Crippen LogP contribution >= 0.6 is 0 Å². The summed E-state index contributed by atoms with van der Waals surface area (Å²) in [7, 11) is 0. The van der Waals surface area contributed by atoms with Crippen molar-refractivity contribution in [2.45, 2.75) is 6.10 Å². The molecule has 0 aromatic heterocycles. The van der Waals surface area contributed by atoms with Crippen molar-refractivity contribution in [3.05, 3.63) is 117 Å². The number of hydrazone groups is 2. The maximum absolute atomic E-state index is 11.5. The Morgan fingerprint density at radius 3 is 1.63 bits per heavy atom. The number of nitro groups is 5. The van der Waals surface area contributed by atoms with Crippen molar-refractivity contribution in [2.75, 3.05) is 10.9 Å². The molecule has 3 aromatic carbocycles. The zero-order valence-electron chi connectivity index (χ0n) is 21.0. The SMILES string of the molecule is N=C1OC(c2cccc([N+](=O)[O-])c2)C(=N\Nc2ccc([N+](=O)[O-])cc2[N+](=O)[O-])/C1=N/Nc1ccc([N+](=O)[O-])cc1[N+](=O)[O-]. The minimum Gasteiger partial charge on any atom is -0.461 e. The fourth-order valence-electron chi connectivity index (χ4n) is 3.71. The van der Waals surface area contributed by atoms with Crippen molar-refractivity contribution >= 4 is 57.1 Å². The van der Waals surface area contributed by atoms with Crippen LogP contribution in [0.25, 0.3) is 0 Å². The topological polar surface area (TPSA) is 298 Å². The Kier molecular flexibility index (Phi) is 7.89. The predicted octanol–water partition coefficient (Wildman–Crippen LogP) is 4.21. The van der Waals surface area contributed by atoms with Gasteiger partial charge in [-0.3, -0.25) is 66.8 Å². The van der Waals surface area contributed by atoms with Crippen molar-refractivity contribution in [2.24, 2.45) is 10.2 Å². The van der Waals surface area contributed by atoms with Crippen LogP contribution in [-0.2, 0) is 4.74 Å². The molecular formula is C22H14N10O11. The zero-order valence-corrected chi connectivity index (χ0v) is 21.0. The summed E-state index contributed by atoms with van der Waals surface area (Å²) in [5.41, 5.74) is 0.441. The standard InChI is InChI=1S/C22H14N10O11/c23-22-20(27-25-16-7-5-14(30(37)38)10-18(16)32(41)42)19(21(43-22)11-2-1-3-12(8-11)28(33)34)26-24-15-6-4-13(29(35)36)9-17(15)31(39)40/h1-10,21,23-25H/b23-22?,26-19-,27-20-. The number of non-ortho nitro benzene ring substituents is 3. The number of anilines is 2. The average Bonchev–Trinajstić information content (AvgIpc) is 3.29. The Balaban J connectivity index is 1.80. The molecule has 218 valence electrons. The zero-order chi connectivity index (χ0) is 31.4. The van der Waals surface area contributed by atoms with E-state index in [9.17, 15) is 50.6 Å². The lowest BCUT2D eigenvalue weighted by atomic mass is 10.0. The van der Waals surface area contributed by atoms with Crippen molar-refractivity contribution < 1.29 is 29.4 Å². The highest BCUT2D eigenvalue weighted by Crippen LogP contribution is 2.33. The Labute approximate surface area is 236 Å². The predicted molar refractivity (Wildman–Crippen MR) is 146 cm³/mol. The van der Waals surface area contributed by atoms with Gasteiger partial charge in [0.2, 0.25) is 5.90 Å². The van der Waals surface area contributed by atoms with Crippen LogP contribution in [0.4, 0.5) is 39.8 Å². The first-order chi connectivity index (χ1) is 20.4. The van der Waals surface area contributed by atoms with Gasteiger partial charge in [-0.05, 0) is 12.1 Å². The number of benzene rings is 3. The monoisotopic (exact) mass is 594 g/mol. The van der Waals surface area contributed by atoms with Gasteiger partial charge in [0.1, 0.15) is 17.1 Å². The maximum Gasteiger partial charge on any atom is 0.301 e. The van der Waals surface area contributed by atoms with E-state index in [1.165, 1.54) is 18.2 Å². The quantitative estimate of drug-likeness (QED) is 0.219. The molecule has 0 aliphatic carbocycles. The van der Waals surface area contributed by atoms with Gasteiger partial charge in [0.15, 0.2) is 11.8 Å². The Hall–Kier alpha value is -6.93. The second-order valence-corrected chi connectivity index (χ2v) is 8.29. The molecule has 3 aromatic rings. The van der Waals surface area contributed by atoms with Crippen molar-refractivity contribution in [3.63, 3.8) is 0 Å². The normalized spacial score (nSPS) is 16.0. The van der Waals surface area contributed by atoms with E-state index >= 15 is 0 Å². The lowest BCUT2D eigenvalue weighted by Crippen LogP contribution is -2.20. The fraction of sp³-hybridized carbons (Fsp3) is 0.0455. The highest BCUT2D eigenvalue weighted by molar-refractivity contribution is 6.69. The molecule has 4 rings (SSSR count). The number of rotatable bonds is 10. The van der Waals surface area contributed by atoms with Gasteiger partial charge in [0.05, 0.1) is 36.7 Å². The molecule has 1 aliphatic rings. The van der Waals surface area contributed by atoms with Crippen LogP contribution in [0.2, 0.25) is 0 Å². The molecule has 21 heteroatoms. The van der Waals surface area contributed by atoms with Gasteiger partial charge >= 0.3 is 11.4 Å². The van der Waals surface area contributed by atoms with E-state index in [-0.39, 0.29) is 28.3 Å². The number of hydrogen-bond donors (Lipinski definition) is 3. The summed E-state index contributed by atoms with van der Waals surface area (Å²) in [6.45, 7) is 0. The average molecular weight is 594 g/mol. The van der Waals surface area contributed by atoms with E-state index in [4.69, 9.17) is 10.1 Å². The second-order valence-electron chi connectivity index (χ2n) is 8.29. The molecule has 1 fully saturated rings. The molecule has 0 saturated carbocycles. The van der Waals surface area contributed by atoms with E-state index in [0.29, 0.717) is 12.1 Å². The van der Waals surface area contributed by atoms with E-state index in [2.05, 4.69) is 21.1 Å². The number of ether oxygens (including phenoxy) is 1. The van der Waals surface area contributed by atoms with Crippen molar-refractivity contribution in [1.29, 1.82) is 5.41 Å². The summed E-state index contributed by atoms with van der Waals surface area (Å²) in [5, 5.41) is 72.7. The van der Waals surface area contributed by atoms with Crippen LogP contribution in [0.3, 0.4) is 0 Å². The summed E-state index contributed by atoms with van der Waals surface area (Å²) in [5.74, 6) is -0.674. The lowest BCUT2D eigenvalue weighted by Gasteiger charge is -2.11. The van der Waals surface area contributed by atoms with Crippen molar-refractivity contribution in [1.82, 2.24) is 0 Å². The highest BCUT2D eigenvalue weighted by atomic mass is 16.6. The fourth-order valence-corrected chi connectivity index (χ4v) is 3.71. The molecular weight excluding hydrogens is 580 g/mol. The molecule has 3 N–H and O–H groups in total. The number of hydrogen-bond acceptors (Lipinski definition) is 16. The molecule has 21 nitrogen and oxygen atoms in total. The van der Waals surface area contributed by atoms with Crippen LogP contribution in [-0.4, -0.2) is 41.9 Å². The smallest absolute Gasteiger partial charge is 0.301 e. The second kappa shape index (κ2) is 11.7. The highest BCUT2D eigenvalue weighted by Gasteiger charge is 2.38. The molecule has 0 amide bonds. The molecule has 1 saturated heterocycles. The van der Waals surface area contributed by atoms with Crippen LogP contribution in [0.1, 0.15) is 11.7 Å². The summed E-state index contributed by atoms with van der Waals surface area (Å²) in [4.78, 5) is 52.3. The number of nitro benzene ring substituents is 5. The first-order valence-electron chi connectivity index (χ1n) is 11.4. The maximum atomic E-state index is 11.5. The van der Waals surface area contributed by atoms with Crippen LogP contribution in [0.5, 0.6) is 0 Å². The van der Waals surface area contributed by atoms with E-state index in [1.807, 2.05) is 0 Å². The molecule has 1 aliphatic heterocycles. The minimum absolute atomic E-state index is 0.101. The largest absolute Gasteiger partial charge is 0.461 e. The molecule has 1 heterocycles. The molecule has 1 unspecified atom stereocenters. The van der Waals surface area contributed by atoms with E-state index in [0.717, 1.165) is 30.3 Å². The molecule has 0 spiro atoms. The van der Waals surface area contributed by atoms with Gasteiger partial charge in [0.25, 0.3) is 17.1 Å². The minimum atomic E-state index is -1.36. The van der Waals surface area contributed by atoms with Gasteiger partial charge in [-0.2, -0.15) is 10.2 Å². The van der Waals surface area contributed by atoms with Gasteiger partial charge in [0, 0.05) is 29.8 Å². The summed E-state index contributed by atoms with van der Waals surface area (Å²) >= 11 is 0. The summed E-state index contributed by atoms with van der Waals surface area (Å²) in [6, 6.07) is 10.3. The summed E-state index contributed by atoms with van der Waals surface area (Å²) in [6.07, 6.45) is -1.36. The number of nitrogens with one attached hydrogen (secondary N) is 3. The molecule has 43 heavy (non-hydrogen) atoms. The lowest BCUT2D eigenvalue weighted by molar-refractivity contribution is -0.393. The van der Waals surface area contributed by atoms with E-state index in [1.54, 1.807) is 0 Å². The Morgan fingerprint density at radius 1 is 0.651 bits per heavy atom. The first kappa shape index (κ1) is 29.1. The molecule has 0 radical (unpaired) electrons. The van der Waals surface area contributed by atoms with Gasteiger partial charge in [-0.1, -0.05) is 12.1 Å². The van der Waals surface area contributed by atoms with Gasteiger partial charge in [-0.25, -0.2) is 0 Å². The van der Waals surface area contributed by atoms with Gasteiger partial charge in [-0.15, -0.1) is 0 Å². The third-order valence-corrected chi connectivity index (χ3v) is 5.69. The Bertz CT molecular complexity index is 1790.